The number of aliphatic hydroxyl groups excluding tert-OH is 1. The number of aliphatic hydroxyl groups is 1. The zero-order chi connectivity index (χ0) is 18.3. The molecule has 134 valence electrons. The summed E-state index contributed by atoms with van der Waals surface area (Å²) in [4.78, 5) is 11.8. The van der Waals surface area contributed by atoms with Crippen molar-refractivity contribution in [3.8, 4) is 11.5 Å². The quantitative estimate of drug-likeness (QED) is 0.834. The molecule has 1 amide bonds. The van der Waals surface area contributed by atoms with Crippen LogP contribution in [0.2, 0.25) is 0 Å². The lowest BCUT2D eigenvalue weighted by atomic mass is 10.1. The molecule has 0 aliphatic carbocycles. The van der Waals surface area contributed by atoms with Gasteiger partial charge in [-0.25, -0.2) is 4.79 Å². The highest BCUT2D eigenvalue weighted by Crippen LogP contribution is 2.21. The first-order valence-corrected chi connectivity index (χ1v) is 8.28. The molecule has 0 aliphatic rings. The van der Waals surface area contributed by atoms with Crippen LogP contribution in [0.15, 0.2) is 54.6 Å². The number of alkyl carbamates (subject to hydrolysis) is 1. The number of ether oxygens (including phenoxy) is 2. The lowest BCUT2D eigenvalue weighted by Gasteiger charge is -2.22. The van der Waals surface area contributed by atoms with Crippen LogP contribution in [0.1, 0.15) is 26.3 Å². The Labute approximate surface area is 148 Å². The Morgan fingerprint density at radius 1 is 1.04 bits per heavy atom. The average molecular weight is 343 g/mol. The van der Waals surface area contributed by atoms with E-state index >= 15 is 0 Å². The van der Waals surface area contributed by atoms with Gasteiger partial charge in [-0.1, -0.05) is 30.3 Å². The summed E-state index contributed by atoms with van der Waals surface area (Å²) < 4.78 is 11.0. The third kappa shape index (κ3) is 6.85. The van der Waals surface area contributed by atoms with E-state index in [1.165, 1.54) is 0 Å². The molecule has 0 fully saturated rings. The van der Waals surface area contributed by atoms with Crippen LogP contribution in [0.5, 0.6) is 11.5 Å². The van der Waals surface area contributed by atoms with Crippen molar-refractivity contribution < 1.29 is 19.4 Å². The molecule has 0 aliphatic heterocycles. The lowest BCUT2D eigenvalue weighted by Crippen LogP contribution is -2.42. The van der Waals surface area contributed by atoms with Gasteiger partial charge >= 0.3 is 6.09 Å². The van der Waals surface area contributed by atoms with E-state index in [2.05, 4.69) is 5.32 Å². The van der Waals surface area contributed by atoms with Crippen molar-refractivity contribution in [2.45, 2.75) is 38.8 Å². The highest BCUT2D eigenvalue weighted by atomic mass is 16.6. The van der Waals surface area contributed by atoms with Gasteiger partial charge in [0.05, 0.1) is 12.6 Å². The van der Waals surface area contributed by atoms with Crippen molar-refractivity contribution in [3.05, 3.63) is 60.2 Å². The van der Waals surface area contributed by atoms with Gasteiger partial charge in [-0.05, 0) is 57.0 Å². The molecule has 2 N–H and O–H groups in total. The van der Waals surface area contributed by atoms with Gasteiger partial charge in [0.25, 0.3) is 0 Å². The Morgan fingerprint density at radius 2 is 1.64 bits per heavy atom. The molecule has 0 radical (unpaired) electrons. The van der Waals surface area contributed by atoms with Crippen LogP contribution in [0.4, 0.5) is 4.79 Å². The Kier molecular flexibility index (Phi) is 6.42. The highest BCUT2D eigenvalue weighted by molar-refractivity contribution is 5.68. The van der Waals surface area contributed by atoms with E-state index in [1.807, 2.05) is 54.6 Å². The van der Waals surface area contributed by atoms with Crippen molar-refractivity contribution in [2.75, 3.05) is 6.61 Å². The van der Waals surface area contributed by atoms with Crippen molar-refractivity contribution in [2.24, 2.45) is 0 Å². The Hall–Kier alpha value is -2.53. The molecular weight excluding hydrogens is 318 g/mol. The second-order valence-corrected chi connectivity index (χ2v) is 6.79. The minimum atomic E-state index is -0.569. The van der Waals surface area contributed by atoms with Crippen LogP contribution in [0.25, 0.3) is 0 Å². The number of carbonyl (C=O) groups is 1. The summed E-state index contributed by atoms with van der Waals surface area (Å²) in [5, 5.41) is 12.2. The molecule has 5 heteroatoms. The molecule has 2 aromatic carbocycles. The second kappa shape index (κ2) is 8.53. The van der Waals surface area contributed by atoms with Gasteiger partial charge in [0, 0.05) is 0 Å². The van der Waals surface area contributed by atoms with E-state index < -0.39 is 17.7 Å². The zero-order valence-corrected chi connectivity index (χ0v) is 14.9. The lowest BCUT2D eigenvalue weighted by molar-refractivity contribution is 0.0483. The van der Waals surface area contributed by atoms with Gasteiger partial charge in [0.15, 0.2) is 0 Å². The van der Waals surface area contributed by atoms with Crippen LogP contribution >= 0.6 is 0 Å². The number of rotatable bonds is 6. The number of hydrogen-bond donors (Lipinski definition) is 2. The van der Waals surface area contributed by atoms with Crippen molar-refractivity contribution >= 4 is 6.09 Å². The third-order valence-electron chi connectivity index (χ3n) is 3.33. The molecule has 0 aromatic heterocycles. The van der Waals surface area contributed by atoms with Crippen LogP contribution in [-0.4, -0.2) is 29.4 Å². The van der Waals surface area contributed by atoms with E-state index in [9.17, 15) is 9.90 Å². The first-order chi connectivity index (χ1) is 11.9. The van der Waals surface area contributed by atoms with E-state index in [-0.39, 0.29) is 6.61 Å². The van der Waals surface area contributed by atoms with E-state index in [1.54, 1.807) is 20.8 Å². The standard InChI is InChI=1S/C20H25NO4/c1-20(2,3)25-19(23)21-16(14-22)13-15-9-11-18(12-10-15)24-17-7-5-4-6-8-17/h4-12,16,22H,13-14H2,1-3H3,(H,21,23)/t16-/m0/s1. The first kappa shape index (κ1) is 18.8. The van der Waals surface area contributed by atoms with Gasteiger partial charge in [-0.15, -0.1) is 0 Å². The summed E-state index contributed by atoms with van der Waals surface area (Å²) in [6, 6.07) is 16.7. The maximum absolute atomic E-state index is 11.8. The van der Waals surface area contributed by atoms with Gasteiger partial charge < -0.3 is 19.9 Å². The van der Waals surface area contributed by atoms with E-state index in [0.29, 0.717) is 6.42 Å². The molecule has 25 heavy (non-hydrogen) atoms. The fourth-order valence-corrected chi connectivity index (χ4v) is 2.24. The monoisotopic (exact) mass is 343 g/mol. The number of carbonyl (C=O) groups excluding carboxylic acids is 1. The molecule has 2 aromatic rings. The Morgan fingerprint density at radius 3 is 2.20 bits per heavy atom. The Bertz CT molecular complexity index is 662. The third-order valence-corrected chi connectivity index (χ3v) is 3.33. The van der Waals surface area contributed by atoms with Crippen LogP contribution in [-0.2, 0) is 11.2 Å². The fourth-order valence-electron chi connectivity index (χ4n) is 2.24. The summed E-state index contributed by atoms with van der Waals surface area (Å²) in [5.41, 5.74) is 0.413. The molecular formula is C20H25NO4. The molecule has 5 nitrogen and oxygen atoms in total. The largest absolute Gasteiger partial charge is 0.457 e. The number of nitrogens with one attached hydrogen (secondary N) is 1. The second-order valence-electron chi connectivity index (χ2n) is 6.79. The smallest absolute Gasteiger partial charge is 0.407 e. The first-order valence-electron chi connectivity index (χ1n) is 8.28. The fraction of sp³-hybridized carbons (Fsp3) is 0.350. The number of amides is 1. The van der Waals surface area contributed by atoms with Crippen LogP contribution in [0.3, 0.4) is 0 Å². The maximum Gasteiger partial charge on any atom is 0.407 e. The van der Waals surface area contributed by atoms with Crippen LogP contribution < -0.4 is 10.1 Å². The van der Waals surface area contributed by atoms with Crippen molar-refractivity contribution in [3.63, 3.8) is 0 Å². The number of para-hydroxylation sites is 1. The summed E-state index contributed by atoms with van der Waals surface area (Å²) in [5.74, 6) is 1.51. The minimum Gasteiger partial charge on any atom is -0.457 e. The SMILES string of the molecule is CC(C)(C)OC(=O)N[C@H](CO)Cc1ccc(Oc2ccccc2)cc1. The van der Waals surface area contributed by atoms with Gasteiger partial charge in [0.2, 0.25) is 0 Å². The summed E-state index contributed by atoms with van der Waals surface area (Å²) >= 11 is 0. The van der Waals surface area contributed by atoms with E-state index in [0.717, 1.165) is 17.1 Å². The molecule has 0 heterocycles. The molecule has 0 bridgehead atoms. The van der Waals surface area contributed by atoms with Gasteiger partial charge in [-0.3, -0.25) is 0 Å². The normalized spacial score (nSPS) is 12.3. The Balaban J connectivity index is 1.91. The van der Waals surface area contributed by atoms with Crippen molar-refractivity contribution in [1.82, 2.24) is 5.32 Å². The molecule has 0 saturated heterocycles. The molecule has 0 saturated carbocycles. The highest BCUT2D eigenvalue weighted by Gasteiger charge is 2.19. The molecule has 1 atom stereocenters. The molecule has 0 unspecified atom stereocenters. The van der Waals surface area contributed by atoms with Gasteiger partial charge in [-0.2, -0.15) is 0 Å². The number of hydrogen-bond acceptors (Lipinski definition) is 4. The zero-order valence-electron chi connectivity index (χ0n) is 14.9. The minimum absolute atomic E-state index is 0.165. The summed E-state index contributed by atoms with van der Waals surface area (Å²) in [6.45, 7) is 5.23. The van der Waals surface area contributed by atoms with Crippen LogP contribution in [0, 0.1) is 0 Å². The topological polar surface area (TPSA) is 67.8 Å². The van der Waals surface area contributed by atoms with Crippen molar-refractivity contribution in [1.29, 1.82) is 0 Å². The maximum atomic E-state index is 11.8. The average Bonchev–Trinajstić information content (AvgIpc) is 2.55. The number of benzene rings is 2. The molecule has 2 rings (SSSR count). The van der Waals surface area contributed by atoms with E-state index in [4.69, 9.17) is 9.47 Å². The molecule has 0 spiro atoms. The van der Waals surface area contributed by atoms with Gasteiger partial charge in [0.1, 0.15) is 17.1 Å². The summed E-state index contributed by atoms with van der Waals surface area (Å²) in [7, 11) is 0. The summed E-state index contributed by atoms with van der Waals surface area (Å²) in [6.07, 6.45) is -0.0305. The predicted octanol–water partition coefficient (Wildman–Crippen LogP) is 3.91. The predicted molar refractivity (Wildman–Crippen MR) is 96.9 cm³/mol.